The zero-order valence-corrected chi connectivity index (χ0v) is 7.50. The van der Waals surface area contributed by atoms with Gasteiger partial charge >= 0.3 is 0 Å². The first-order chi connectivity index (χ1) is 5.83. The smallest absolute Gasteiger partial charge is 0.208 e. The molecule has 0 amide bonds. The van der Waals surface area contributed by atoms with Gasteiger partial charge in [0.25, 0.3) is 0 Å². The van der Waals surface area contributed by atoms with Gasteiger partial charge in [-0.1, -0.05) is 24.8 Å². The molecule has 3 nitrogen and oxygen atoms in total. The molecule has 1 aromatic carbocycles. The number of benzene rings is 1. The number of rotatable bonds is 2. The maximum absolute atomic E-state index is 12.6. The van der Waals surface area contributed by atoms with E-state index in [2.05, 4.69) is 6.58 Å². The summed E-state index contributed by atoms with van der Waals surface area (Å²) in [6, 6.07) is 6.71. The standard InChI is InChI=1S/C8H9FO3S/c1-7(9)13(10,11,12)8-5-3-2-4-6-8/h2-6H,1H2,(H2,10,11,12). The highest BCUT2D eigenvalue weighted by molar-refractivity contribution is 8.13. The molecule has 0 atom stereocenters. The molecule has 5 heteroatoms. The van der Waals surface area contributed by atoms with E-state index in [1.165, 1.54) is 12.1 Å². The van der Waals surface area contributed by atoms with Gasteiger partial charge in [-0.15, -0.1) is 0 Å². The Morgan fingerprint density at radius 2 is 1.77 bits per heavy atom. The molecule has 0 saturated carbocycles. The Balaban J connectivity index is 3.39. The highest BCUT2D eigenvalue weighted by Gasteiger charge is 2.37. The monoisotopic (exact) mass is 204 g/mol. The van der Waals surface area contributed by atoms with Crippen LogP contribution in [0.25, 0.3) is 0 Å². The molecule has 0 fully saturated rings. The summed E-state index contributed by atoms with van der Waals surface area (Å²) in [5.41, 5.74) is 0. The van der Waals surface area contributed by atoms with Crippen molar-refractivity contribution in [1.82, 2.24) is 0 Å². The van der Waals surface area contributed by atoms with Crippen molar-refractivity contribution >= 4 is 9.63 Å². The van der Waals surface area contributed by atoms with Crippen molar-refractivity contribution in [3.63, 3.8) is 0 Å². The Morgan fingerprint density at radius 3 is 2.15 bits per heavy atom. The molecule has 0 aliphatic carbocycles. The first kappa shape index (κ1) is 10.0. The van der Waals surface area contributed by atoms with Gasteiger partial charge in [0, 0.05) is 0 Å². The molecule has 0 saturated heterocycles. The summed E-state index contributed by atoms with van der Waals surface area (Å²) in [5, 5.41) is -1.65. The average Bonchev–Trinajstić information content (AvgIpc) is 2.05. The summed E-state index contributed by atoms with van der Waals surface area (Å²) in [5.74, 6) is 0. The van der Waals surface area contributed by atoms with Gasteiger partial charge < -0.3 is 0 Å². The third-order valence-corrected chi connectivity index (χ3v) is 3.49. The van der Waals surface area contributed by atoms with E-state index in [-0.39, 0.29) is 0 Å². The van der Waals surface area contributed by atoms with E-state index in [1.807, 2.05) is 0 Å². The average molecular weight is 204 g/mol. The normalized spacial score (nSPS) is 14.5. The maximum atomic E-state index is 12.6. The van der Waals surface area contributed by atoms with Crippen LogP contribution in [0.5, 0.6) is 0 Å². The van der Waals surface area contributed by atoms with E-state index in [1.54, 1.807) is 6.07 Å². The largest absolute Gasteiger partial charge is 0.299 e. The van der Waals surface area contributed by atoms with Crippen molar-refractivity contribution in [1.29, 1.82) is 0 Å². The van der Waals surface area contributed by atoms with Crippen LogP contribution < -0.4 is 0 Å². The van der Waals surface area contributed by atoms with Crippen LogP contribution in [-0.2, 0) is 9.63 Å². The summed E-state index contributed by atoms with van der Waals surface area (Å²) in [7, 11) is -5.48. The van der Waals surface area contributed by atoms with Gasteiger partial charge in [-0.2, -0.15) is 4.39 Å². The lowest BCUT2D eigenvalue weighted by Gasteiger charge is -2.27. The van der Waals surface area contributed by atoms with Crippen LogP contribution >= 0.6 is 0 Å². The van der Waals surface area contributed by atoms with Gasteiger partial charge in [-0.25, -0.2) is 4.21 Å². The number of hydrogen-bond donors (Lipinski definition) is 2. The molecular formula is C8H9FO3S. The van der Waals surface area contributed by atoms with Crippen LogP contribution in [0.2, 0.25) is 0 Å². The quantitative estimate of drug-likeness (QED) is 0.776. The molecule has 0 radical (unpaired) electrons. The third kappa shape index (κ3) is 1.67. The summed E-state index contributed by atoms with van der Waals surface area (Å²) in [6.07, 6.45) is 0. The highest BCUT2D eigenvalue weighted by Crippen LogP contribution is 2.35. The SMILES string of the molecule is C=C(F)S(=O)(O)(O)c1ccccc1. The van der Waals surface area contributed by atoms with E-state index in [4.69, 9.17) is 9.11 Å². The van der Waals surface area contributed by atoms with Crippen molar-refractivity contribution in [3.05, 3.63) is 42.1 Å². The van der Waals surface area contributed by atoms with Gasteiger partial charge in [0.05, 0.1) is 4.90 Å². The fourth-order valence-electron chi connectivity index (χ4n) is 0.794. The van der Waals surface area contributed by atoms with Crippen LogP contribution in [0.15, 0.2) is 47.0 Å². The fourth-order valence-corrected chi connectivity index (χ4v) is 1.70. The first-order valence-electron chi connectivity index (χ1n) is 3.39. The van der Waals surface area contributed by atoms with Crippen LogP contribution in [0.4, 0.5) is 4.39 Å². The zero-order chi connectivity index (χ0) is 10.1. The van der Waals surface area contributed by atoms with Crippen molar-refractivity contribution in [3.8, 4) is 0 Å². The molecule has 0 aromatic heterocycles. The molecule has 0 bridgehead atoms. The molecule has 0 heterocycles. The molecular weight excluding hydrogens is 195 g/mol. The lowest BCUT2D eigenvalue weighted by molar-refractivity contribution is 0.384. The summed E-state index contributed by atoms with van der Waals surface area (Å²) in [6.45, 7) is 2.64. The van der Waals surface area contributed by atoms with Crippen LogP contribution in [0.1, 0.15) is 0 Å². The molecule has 1 rings (SSSR count). The first-order valence-corrected chi connectivity index (χ1v) is 5.27. The topological polar surface area (TPSA) is 57.5 Å². The van der Waals surface area contributed by atoms with Crippen LogP contribution in [-0.4, -0.2) is 13.3 Å². The van der Waals surface area contributed by atoms with Crippen molar-refractivity contribution in [2.45, 2.75) is 4.90 Å². The Bertz CT molecular complexity index is 393. The van der Waals surface area contributed by atoms with E-state index >= 15 is 0 Å². The second-order valence-electron chi connectivity index (χ2n) is 2.53. The molecule has 2 N–H and O–H groups in total. The number of hydrogen-bond acceptors (Lipinski definition) is 1. The van der Waals surface area contributed by atoms with Crippen molar-refractivity contribution < 1.29 is 17.7 Å². The predicted octanol–water partition coefficient (Wildman–Crippen LogP) is 2.25. The molecule has 72 valence electrons. The van der Waals surface area contributed by atoms with E-state index in [9.17, 15) is 8.60 Å². The van der Waals surface area contributed by atoms with Crippen molar-refractivity contribution in [2.75, 3.05) is 0 Å². The van der Waals surface area contributed by atoms with Gasteiger partial charge in [0.2, 0.25) is 5.16 Å². The minimum absolute atomic E-state index is 0.396. The van der Waals surface area contributed by atoms with Crippen LogP contribution in [0.3, 0.4) is 0 Å². The Kier molecular flexibility index (Phi) is 2.11. The lowest BCUT2D eigenvalue weighted by Crippen LogP contribution is -2.31. The maximum Gasteiger partial charge on any atom is 0.208 e. The van der Waals surface area contributed by atoms with E-state index in [0.717, 1.165) is 12.1 Å². The van der Waals surface area contributed by atoms with Gasteiger partial charge in [0.15, 0.2) is 9.63 Å². The number of halogens is 1. The van der Waals surface area contributed by atoms with E-state index < -0.39 is 19.7 Å². The highest BCUT2D eigenvalue weighted by atomic mass is 32.3. The summed E-state index contributed by atoms with van der Waals surface area (Å²) < 4.78 is 42.2. The Labute approximate surface area is 75.0 Å². The third-order valence-electron chi connectivity index (χ3n) is 1.57. The molecule has 1 aromatic rings. The predicted molar refractivity (Wildman–Crippen MR) is 48.4 cm³/mol. The van der Waals surface area contributed by atoms with Crippen molar-refractivity contribution in [2.24, 2.45) is 0 Å². The Morgan fingerprint density at radius 1 is 1.31 bits per heavy atom. The Hall–Kier alpha value is -1.04. The van der Waals surface area contributed by atoms with Gasteiger partial charge in [-0.3, -0.25) is 9.11 Å². The van der Waals surface area contributed by atoms with Gasteiger partial charge in [-0.05, 0) is 12.1 Å². The molecule has 0 spiro atoms. The minimum Gasteiger partial charge on any atom is -0.299 e. The molecule has 0 aliphatic rings. The lowest BCUT2D eigenvalue weighted by atomic mass is 10.4. The summed E-state index contributed by atoms with van der Waals surface area (Å²) >= 11 is 0. The molecule has 13 heavy (non-hydrogen) atoms. The zero-order valence-electron chi connectivity index (χ0n) is 6.68. The summed E-state index contributed by atoms with van der Waals surface area (Å²) in [4.78, 5) is -0.396. The van der Waals surface area contributed by atoms with Gasteiger partial charge in [0.1, 0.15) is 0 Å². The molecule has 0 aliphatic heterocycles. The second kappa shape index (κ2) is 2.73. The van der Waals surface area contributed by atoms with E-state index in [0.29, 0.717) is 0 Å². The molecule has 0 unspecified atom stereocenters. The van der Waals surface area contributed by atoms with Crippen LogP contribution in [0, 0.1) is 0 Å². The fraction of sp³-hybridized carbons (Fsp3) is 0. The minimum atomic E-state index is -5.48. The second-order valence-corrected chi connectivity index (χ2v) is 5.18.